The van der Waals surface area contributed by atoms with E-state index in [0.717, 1.165) is 23.1 Å². The summed E-state index contributed by atoms with van der Waals surface area (Å²) in [6.45, 7) is 5.64. The summed E-state index contributed by atoms with van der Waals surface area (Å²) in [6, 6.07) is 9.34. The number of hydrogen-bond acceptors (Lipinski definition) is 4. The van der Waals surface area contributed by atoms with Gasteiger partial charge in [-0.05, 0) is 60.7 Å². The molecule has 1 aliphatic heterocycles. The van der Waals surface area contributed by atoms with Crippen molar-refractivity contribution in [2.75, 3.05) is 5.32 Å². The first-order chi connectivity index (χ1) is 11.7. The Morgan fingerprint density at radius 1 is 1.12 bits per heavy atom. The van der Waals surface area contributed by atoms with Crippen LogP contribution in [-0.4, -0.2) is 25.5 Å². The zero-order valence-corrected chi connectivity index (χ0v) is 15.2. The third-order valence-electron chi connectivity index (χ3n) is 4.57. The van der Waals surface area contributed by atoms with Gasteiger partial charge in [-0.3, -0.25) is 0 Å². The number of anilines is 1. The summed E-state index contributed by atoms with van der Waals surface area (Å²) in [6.07, 6.45) is 0.751. The van der Waals surface area contributed by atoms with Gasteiger partial charge in [0.2, 0.25) is 0 Å². The molecule has 6 heteroatoms. The van der Waals surface area contributed by atoms with Crippen LogP contribution in [-0.2, 0) is 21.1 Å². The monoisotopic (exact) mass is 359 g/mol. The van der Waals surface area contributed by atoms with Crippen molar-refractivity contribution in [2.45, 2.75) is 43.4 Å². The molecule has 0 saturated heterocycles. The molecule has 25 heavy (non-hydrogen) atoms. The molecule has 2 N–H and O–H groups in total. The lowest BCUT2D eigenvalue weighted by molar-refractivity contribution is -0.137. The summed E-state index contributed by atoms with van der Waals surface area (Å²) in [7, 11) is -3.86. The molecule has 0 saturated carbocycles. The van der Waals surface area contributed by atoms with Gasteiger partial charge in [0.25, 0.3) is 0 Å². The van der Waals surface area contributed by atoms with Gasteiger partial charge in [-0.1, -0.05) is 25.1 Å². The molecule has 1 aliphatic rings. The van der Waals surface area contributed by atoms with Crippen molar-refractivity contribution in [1.82, 2.24) is 0 Å². The average molecular weight is 359 g/mol. The number of hydrogen-bond donors (Lipinski definition) is 2. The van der Waals surface area contributed by atoms with Gasteiger partial charge in [0.05, 0.1) is 4.90 Å². The second-order valence-corrected chi connectivity index (χ2v) is 8.59. The van der Waals surface area contributed by atoms with E-state index in [2.05, 4.69) is 5.32 Å². The third-order valence-corrected chi connectivity index (χ3v) is 6.66. The van der Waals surface area contributed by atoms with Gasteiger partial charge in [0.15, 0.2) is 9.84 Å². The van der Waals surface area contributed by atoms with Gasteiger partial charge in [-0.2, -0.15) is 0 Å². The van der Waals surface area contributed by atoms with Gasteiger partial charge < -0.3 is 10.4 Å². The van der Waals surface area contributed by atoms with Crippen molar-refractivity contribution in [3.05, 3.63) is 58.7 Å². The van der Waals surface area contributed by atoms with E-state index in [1.54, 1.807) is 24.3 Å². The molecule has 2 atom stereocenters. The van der Waals surface area contributed by atoms with E-state index >= 15 is 0 Å². The zero-order chi connectivity index (χ0) is 18.4. The number of carbonyl (C=O) groups is 1. The molecule has 0 amide bonds. The highest BCUT2D eigenvalue weighted by Crippen LogP contribution is 2.43. The molecule has 1 heterocycles. The first-order valence-electron chi connectivity index (χ1n) is 8.18. The SMILES string of the molecule is CCc1ccc2c(c1)C(S(=O)(=O)c1cc(C)cc(C)c1)C(C(=O)O)N2. The van der Waals surface area contributed by atoms with E-state index in [1.807, 2.05) is 32.9 Å². The summed E-state index contributed by atoms with van der Waals surface area (Å²) < 4.78 is 26.6. The van der Waals surface area contributed by atoms with Crippen LogP contribution in [0, 0.1) is 13.8 Å². The maximum Gasteiger partial charge on any atom is 0.327 e. The van der Waals surface area contributed by atoms with Gasteiger partial charge in [0.1, 0.15) is 11.3 Å². The predicted molar refractivity (Wildman–Crippen MR) is 96.7 cm³/mol. The summed E-state index contributed by atoms with van der Waals surface area (Å²) in [5.41, 5.74) is 3.75. The normalized spacial score (nSPS) is 19.3. The van der Waals surface area contributed by atoms with Gasteiger partial charge >= 0.3 is 5.97 Å². The fourth-order valence-electron chi connectivity index (χ4n) is 3.40. The Morgan fingerprint density at radius 2 is 1.76 bits per heavy atom. The highest BCUT2D eigenvalue weighted by Gasteiger charge is 2.46. The molecule has 0 aromatic heterocycles. The van der Waals surface area contributed by atoms with Gasteiger partial charge in [-0.25, -0.2) is 13.2 Å². The minimum atomic E-state index is -3.86. The Labute approximate surface area is 147 Å². The fourth-order valence-corrected chi connectivity index (χ4v) is 5.47. The third kappa shape index (κ3) is 3.02. The minimum Gasteiger partial charge on any atom is -0.480 e. The largest absolute Gasteiger partial charge is 0.480 e. The fraction of sp³-hybridized carbons (Fsp3) is 0.316. The lowest BCUT2D eigenvalue weighted by Gasteiger charge is -2.18. The van der Waals surface area contributed by atoms with E-state index in [0.29, 0.717) is 11.3 Å². The average Bonchev–Trinajstić information content (AvgIpc) is 2.93. The van der Waals surface area contributed by atoms with Crippen LogP contribution in [0.5, 0.6) is 0 Å². The Bertz CT molecular complexity index is 930. The number of fused-ring (bicyclic) bond motifs is 1. The van der Waals surface area contributed by atoms with Crippen molar-refractivity contribution in [2.24, 2.45) is 0 Å². The van der Waals surface area contributed by atoms with Crippen LogP contribution in [0.3, 0.4) is 0 Å². The van der Waals surface area contributed by atoms with Crippen LogP contribution in [0.4, 0.5) is 5.69 Å². The Hall–Kier alpha value is -2.34. The molecule has 0 aliphatic carbocycles. The van der Waals surface area contributed by atoms with Crippen molar-refractivity contribution < 1.29 is 18.3 Å². The summed E-state index contributed by atoms with van der Waals surface area (Å²) in [4.78, 5) is 11.9. The molecule has 2 unspecified atom stereocenters. The number of aliphatic carboxylic acids is 1. The van der Waals surface area contributed by atoms with Crippen LogP contribution in [0.25, 0.3) is 0 Å². The lowest BCUT2D eigenvalue weighted by Crippen LogP contribution is -2.34. The van der Waals surface area contributed by atoms with Crippen LogP contribution in [0.15, 0.2) is 41.3 Å². The minimum absolute atomic E-state index is 0.165. The summed E-state index contributed by atoms with van der Waals surface area (Å²) >= 11 is 0. The molecule has 5 nitrogen and oxygen atoms in total. The van der Waals surface area contributed by atoms with Crippen LogP contribution in [0.1, 0.15) is 34.4 Å². The Kier molecular flexibility index (Phi) is 4.33. The number of carboxylic acids is 1. The van der Waals surface area contributed by atoms with Crippen molar-refractivity contribution in [1.29, 1.82) is 0 Å². The van der Waals surface area contributed by atoms with E-state index in [9.17, 15) is 18.3 Å². The van der Waals surface area contributed by atoms with Crippen LogP contribution >= 0.6 is 0 Å². The Morgan fingerprint density at radius 3 is 2.32 bits per heavy atom. The van der Waals surface area contributed by atoms with Crippen LogP contribution in [0.2, 0.25) is 0 Å². The molecule has 3 rings (SSSR count). The molecule has 2 aromatic carbocycles. The summed E-state index contributed by atoms with van der Waals surface area (Å²) in [5.74, 6) is -1.17. The van der Waals surface area contributed by atoms with Crippen molar-refractivity contribution in [3.63, 3.8) is 0 Å². The molecular weight excluding hydrogens is 338 g/mol. The molecule has 2 aromatic rings. The number of sulfone groups is 1. The van der Waals surface area contributed by atoms with Crippen LogP contribution < -0.4 is 5.32 Å². The number of carboxylic acid groups (broad SMARTS) is 1. The molecule has 0 fully saturated rings. The molecular formula is C19H21NO4S. The highest BCUT2D eigenvalue weighted by atomic mass is 32.2. The van der Waals surface area contributed by atoms with E-state index in [4.69, 9.17) is 0 Å². The second-order valence-electron chi connectivity index (χ2n) is 6.52. The topological polar surface area (TPSA) is 83.5 Å². The molecule has 132 valence electrons. The number of nitrogens with one attached hydrogen (secondary N) is 1. The standard InChI is InChI=1S/C19H21NO4S/c1-4-13-5-6-16-15(10-13)18(17(20-16)19(21)22)25(23,24)14-8-11(2)7-12(3)9-14/h5-10,17-18,20H,4H2,1-3H3,(H,21,22). The maximum absolute atomic E-state index is 13.3. The lowest BCUT2D eigenvalue weighted by atomic mass is 10.0. The van der Waals surface area contributed by atoms with E-state index in [-0.39, 0.29) is 4.90 Å². The van der Waals surface area contributed by atoms with Crippen molar-refractivity contribution in [3.8, 4) is 0 Å². The van der Waals surface area contributed by atoms with Gasteiger partial charge in [0, 0.05) is 5.69 Å². The quantitative estimate of drug-likeness (QED) is 0.875. The predicted octanol–water partition coefficient (Wildman–Crippen LogP) is 3.26. The number of rotatable bonds is 4. The van der Waals surface area contributed by atoms with Crippen molar-refractivity contribution >= 4 is 21.5 Å². The van der Waals surface area contributed by atoms with E-state index in [1.165, 1.54) is 0 Å². The van der Waals surface area contributed by atoms with E-state index < -0.39 is 27.1 Å². The zero-order valence-electron chi connectivity index (χ0n) is 14.4. The van der Waals surface area contributed by atoms with Gasteiger partial charge in [-0.15, -0.1) is 0 Å². The second kappa shape index (κ2) is 6.19. The number of aryl methyl sites for hydroxylation is 3. The highest BCUT2D eigenvalue weighted by molar-refractivity contribution is 7.91. The number of benzene rings is 2. The first-order valence-corrected chi connectivity index (χ1v) is 9.73. The molecule has 0 spiro atoms. The molecule has 0 radical (unpaired) electrons. The summed E-state index contributed by atoms with van der Waals surface area (Å²) in [5, 5.41) is 11.3. The smallest absolute Gasteiger partial charge is 0.327 e. The first kappa shape index (κ1) is 17.5. The Balaban J connectivity index is 2.20. The molecule has 0 bridgehead atoms. The maximum atomic E-state index is 13.3.